The van der Waals surface area contributed by atoms with Crippen molar-refractivity contribution in [1.29, 1.82) is 0 Å². The third-order valence-electron chi connectivity index (χ3n) is 3.78. The summed E-state index contributed by atoms with van der Waals surface area (Å²) in [6.07, 6.45) is 3.72. The van der Waals surface area contributed by atoms with Gasteiger partial charge in [0.25, 0.3) is 0 Å². The monoisotopic (exact) mass is 374 g/mol. The van der Waals surface area contributed by atoms with Crippen molar-refractivity contribution in [3.63, 3.8) is 0 Å². The number of hydrogen-bond donors (Lipinski definition) is 0. The maximum atomic E-state index is 6.04. The fraction of sp³-hybridized carbons (Fsp3) is 0.200. The van der Waals surface area contributed by atoms with Crippen LogP contribution in [-0.4, -0.2) is 14.5 Å². The van der Waals surface area contributed by atoms with Crippen LogP contribution >= 0.6 is 11.6 Å². The molecule has 112 valence electrons. The van der Waals surface area contributed by atoms with Crippen molar-refractivity contribution in [3.05, 3.63) is 70.1 Å². The SMILES string of the molecule is CCCCc1[se]c(-c2ccccc2)cc1-c1ccc(Cl)cc1. The zero-order valence-electron chi connectivity index (χ0n) is 12.7. The van der Waals surface area contributed by atoms with Crippen LogP contribution in [0.25, 0.3) is 21.1 Å². The van der Waals surface area contributed by atoms with E-state index in [-0.39, 0.29) is 0 Å². The molecule has 2 aromatic carbocycles. The van der Waals surface area contributed by atoms with Crippen LogP contribution in [0.5, 0.6) is 0 Å². The van der Waals surface area contributed by atoms with Gasteiger partial charge in [0, 0.05) is 0 Å². The van der Waals surface area contributed by atoms with Gasteiger partial charge < -0.3 is 0 Å². The molecule has 3 rings (SSSR count). The van der Waals surface area contributed by atoms with Gasteiger partial charge in [0.15, 0.2) is 0 Å². The zero-order chi connectivity index (χ0) is 15.4. The summed E-state index contributed by atoms with van der Waals surface area (Å²) in [7, 11) is 0. The average Bonchev–Trinajstić information content (AvgIpc) is 2.98. The van der Waals surface area contributed by atoms with Gasteiger partial charge >= 0.3 is 144 Å². The molecule has 0 aliphatic rings. The molecule has 0 atom stereocenters. The van der Waals surface area contributed by atoms with Crippen molar-refractivity contribution >= 4 is 26.1 Å². The van der Waals surface area contributed by atoms with Gasteiger partial charge in [0.05, 0.1) is 0 Å². The van der Waals surface area contributed by atoms with Crippen molar-refractivity contribution in [2.24, 2.45) is 0 Å². The molecule has 0 amide bonds. The van der Waals surface area contributed by atoms with Crippen molar-refractivity contribution in [3.8, 4) is 21.1 Å². The van der Waals surface area contributed by atoms with Crippen LogP contribution in [0.3, 0.4) is 0 Å². The van der Waals surface area contributed by atoms with Gasteiger partial charge in [-0.15, -0.1) is 0 Å². The molecule has 0 fully saturated rings. The summed E-state index contributed by atoms with van der Waals surface area (Å²) < 4.78 is 3.11. The summed E-state index contributed by atoms with van der Waals surface area (Å²) in [6.45, 7) is 2.26. The predicted octanol–water partition coefficient (Wildman–Crippen LogP) is 6.07. The van der Waals surface area contributed by atoms with Crippen molar-refractivity contribution < 1.29 is 0 Å². The first kappa shape index (κ1) is 15.6. The molecular formula is C20H19ClSe. The number of halogens is 1. The van der Waals surface area contributed by atoms with Crippen LogP contribution < -0.4 is 0 Å². The topological polar surface area (TPSA) is 0 Å². The first-order valence-electron chi connectivity index (χ1n) is 7.72. The van der Waals surface area contributed by atoms with E-state index >= 15 is 0 Å². The van der Waals surface area contributed by atoms with Crippen LogP contribution in [0.15, 0.2) is 60.7 Å². The van der Waals surface area contributed by atoms with Crippen LogP contribution in [0.4, 0.5) is 0 Å². The molecule has 0 nitrogen and oxygen atoms in total. The summed E-state index contributed by atoms with van der Waals surface area (Å²) in [5, 5.41) is 0.801. The molecule has 0 radical (unpaired) electrons. The Morgan fingerprint density at radius 3 is 2.32 bits per heavy atom. The Bertz CT molecular complexity index is 726. The van der Waals surface area contributed by atoms with Crippen molar-refractivity contribution in [2.75, 3.05) is 0 Å². The molecule has 0 saturated carbocycles. The molecule has 3 aromatic rings. The Morgan fingerprint density at radius 2 is 1.64 bits per heavy atom. The zero-order valence-corrected chi connectivity index (χ0v) is 15.2. The number of hydrogen-bond acceptors (Lipinski definition) is 0. The molecule has 1 heterocycles. The Hall–Kier alpha value is -1.27. The van der Waals surface area contributed by atoms with Gasteiger partial charge in [-0.1, -0.05) is 0 Å². The van der Waals surface area contributed by atoms with Crippen molar-refractivity contribution in [1.82, 2.24) is 0 Å². The molecule has 0 aliphatic heterocycles. The van der Waals surface area contributed by atoms with Gasteiger partial charge in [0.1, 0.15) is 0 Å². The van der Waals surface area contributed by atoms with E-state index in [1.165, 1.54) is 40.4 Å². The van der Waals surface area contributed by atoms with Crippen molar-refractivity contribution in [2.45, 2.75) is 26.2 Å². The second kappa shape index (κ2) is 7.33. The molecule has 0 spiro atoms. The predicted molar refractivity (Wildman–Crippen MR) is 97.9 cm³/mol. The fourth-order valence-electron chi connectivity index (χ4n) is 2.57. The minimum atomic E-state index is 0.436. The minimum absolute atomic E-state index is 0.436. The van der Waals surface area contributed by atoms with E-state index in [1.54, 1.807) is 4.44 Å². The summed E-state index contributed by atoms with van der Waals surface area (Å²) in [5.41, 5.74) is 4.08. The first-order valence-corrected chi connectivity index (χ1v) is 9.81. The molecule has 0 aliphatic carbocycles. The van der Waals surface area contributed by atoms with E-state index in [0.29, 0.717) is 14.5 Å². The van der Waals surface area contributed by atoms with Gasteiger partial charge in [0.2, 0.25) is 0 Å². The van der Waals surface area contributed by atoms with Crippen LogP contribution in [0.1, 0.15) is 24.2 Å². The third kappa shape index (κ3) is 3.55. The fourth-order valence-corrected chi connectivity index (χ4v) is 5.28. The van der Waals surface area contributed by atoms with Gasteiger partial charge in [-0.2, -0.15) is 0 Å². The van der Waals surface area contributed by atoms with E-state index in [4.69, 9.17) is 11.6 Å². The van der Waals surface area contributed by atoms with Gasteiger partial charge in [-0.05, 0) is 0 Å². The van der Waals surface area contributed by atoms with Gasteiger partial charge in [-0.25, -0.2) is 0 Å². The van der Waals surface area contributed by atoms with E-state index in [1.807, 2.05) is 12.1 Å². The summed E-state index contributed by atoms with van der Waals surface area (Å²) in [4.78, 5) is 0. The number of unbranched alkanes of at least 4 members (excludes halogenated alkanes) is 1. The summed E-state index contributed by atoms with van der Waals surface area (Å²) >= 11 is 6.47. The Morgan fingerprint density at radius 1 is 0.909 bits per heavy atom. The molecule has 0 bridgehead atoms. The Kier molecular flexibility index (Phi) is 5.20. The molecule has 0 unspecified atom stereocenters. The Balaban J connectivity index is 2.03. The van der Waals surface area contributed by atoms with Crippen LogP contribution in [0.2, 0.25) is 5.02 Å². The number of benzene rings is 2. The molecule has 1 aromatic heterocycles. The quantitative estimate of drug-likeness (QED) is 0.476. The second-order valence-corrected chi connectivity index (χ2v) is 8.25. The normalized spacial score (nSPS) is 10.8. The number of rotatable bonds is 5. The maximum absolute atomic E-state index is 6.04. The van der Waals surface area contributed by atoms with Gasteiger partial charge in [-0.3, -0.25) is 0 Å². The standard InChI is InChI=1S/C20H19ClSe/c1-2-3-9-19-18(15-10-12-17(21)13-11-15)14-20(22-19)16-7-5-4-6-8-16/h4-8,10-14H,2-3,9H2,1H3. The average molecular weight is 374 g/mol. The summed E-state index contributed by atoms with van der Waals surface area (Å²) in [6, 6.07) is 21.4. The van der Waals surface area contributed by atoms with E-state index < -0.39 is 0 Å². The molecule has 0 saturated heterocycles. The molecule has 22 heavy (non-hydrogen) atoms. The van der Waals surface area contributed by atoms with Crippen LogP contribution in [-0.2, 0) is 6.42 Å². The third-order valence-corrected chi connectivity index (χ3v) is 6.64. The molecule has 2 heteroatoms. The first-order chi connectivity index (χ1) is 10.8. The summed E-state index contributed by atoms with van der Waals surface area (Å²) in [5.74, 6) is 0. The molecular weight excluding hydrogens is 355 g/mol. The van der Waals surface area contributed by atoms with E-state index in [2.05, 4.69) is 55.5 Å². The van der Waals surface area contributed by atoms with Crippen LogP contribution in [0, 0.1) is 0 Å². The Labute approximate surface area is 143 Å². The molecule has 0 N–H and O–H groups in total. The van der Waals surface area contributed by atoms with E-state index in [0.717, 1.165) is 5.02 Å². The van der Waals surface area contributed by atoms with E-state index in [9.17, 15) is 0 Å². The second-order valence-electron chi connectivity index (χ2n) is 5.42. The number of aryl methyl sites for hydroxylation is 1.